The summed E-state index contributed by atoms with van der Waals surface area (Å²) in [5.74, 6) is 0.300. The molecule has 0 aromatic carbocycles. The fraction of sp³-hybridized carbons (Fsp3) is 0.846. The molecule has 1 aliphatic rings. The van der Waals surface area contributed by atoms with Gasteiger partial charge in [-0.3, -0.25) is 9.59 Å². The molecule has 19 heavy (non-hydrogen) atoms. The molecule has 1 aliphatic carbocycles. The number of carbonyl (C=O) groups is 2. The van der Waals surface area contributed by atoms with E-state index in [-0.39, 0.29) is 17.7 Å². The van der Waals surface area contributed by atoms with Gasteiger partial charge in [-0.1, -0.05) is 6.42 Å². The second-order valence-electron chi connectivity index (χ2n) is 4.92. The summed E-state index contributed by atoms with van der Waals surface area (Å²) in [6.07, 6.45) is 3.31. The highest BCUT2D eigenvalue weighted by Gasteiger charge is 2.31. The molecule has 1 fully saturated rings. The zero-order valence-corrected chi connectivity index (χ0v) is 11.6. The second-order valence-corrected chi connectivity index (χ2v) is 4.92. The highest BCUT2D eigenvalue weighted by molar-refractivity contribution is 5.80. The van der Waals surface area contributed by atoms with Crippen molar-refractivity contribution >= 4 is 11.8 Å². The van der Waals surface area contributed by atoms with Gasteiger partial charge in [0.1, 0.15) is 0 Å². The van der Waals surface area contributed by atoms with Crippen molar-refractivity contribution < 1.29 is 14.3 Å². The van der Waals surface area contributed by atoms with Gasteiger partial charge in [0.05, 0.1) is 6.61 Å². The van der Waals surface area contributed by atoms with E-state index in [9.17, 15) is 9.59 Å². The summed E-state index contributed by atoms with van der Waals surface area (Å²) >= 11 is 0. The maximum absolute atomic E-state index is 11.9. The molecule has 0 bridgehead atoms. The fourth-order valence-electron chi connectivity index (χ4n) is 2.48. The number of hydrogen-bond acceptors (Lipinski definition) is 4. The summed E-state index contributed by atoms with van der Waals surface area (Å²) in [4.78, 5) is 23.3. The number of nitrogens with one attached hydrogen (secondary N) is 2. The van der Waals surface area contributed by atoms with E-state index >= 15 is 0 Å². The highest BCUT2D eigenvalue weighted by Crippen LogP contribution is 2.30. The maximum Gasteiger partial charge on any atom is 0.223 e. The van der Waals surface area contributed by atoms with Gasteiger partial charge in [-0.15, -0.1) is 0 Å². The van der Waals surface area contributed by atoms with E-state index in [4.69, 9.17) is 10.5 Å². The Morgan fingerprint density at radius 1 is 1.26 bits per heavy atom. The van der Waals surface area contributed by atoms with Crippen molar-refractivity contribution in [2.75, 3.05) is 33.4 Å². The monoisotopic (exact) mass is 271 g/mol. The summed E-state index contributed by atoms with van der Waals surface area (Å²) < 4.78 is 4.83. The van der Waals surface area contributed by atoms with E-state index in [1.807, 2.05) is 0 Å². The molecule has 2 amide bonds. The minimum Gasteiger partial charge on any atom is -0.383 e. The van der Waals surface area contributed by atoms with Crippen molar-refractivity contribution in [3.05, 3.63) is 0 Å². The van der Waals surface area contributed by atoms with Gasteiger partial charge in [0, 0.05) is 32.5 Å². The average molecular weight is 271 g/mol. The van der Waals surface area contributed by atoms with Crippen LogP contribution in [-0.2, 0) is 14.3 Å². The smallest absolute Gasteiger partial charge is 0.223 e. The summed E-state index contributed by atoms with van der Waals surface area (Å²) in [7, 11) is 1.59. The third kappa shape index (κ3) is 5.57. The molecule has 0 spiro atoms. The Labute approximate surface area is 114 Å². The third-order valence-corrected chi connectivity index (χ3v) is 3.58. The molecular weight excluding hydrogens is 246 g/mol. The number of rotatable bonds is 8. The standard InChI is InChI=1S/C13H25N3O3/c1-19-8-7-15-12(17)5-6-16-13(18)11-4-2-3-10(11)9-14/h10-11H,2-9,14H2,1H3,(H,15,17)(H,16,18). The number of nitrogens with two attached hydrogens (primary N) is 1. The Bertz CT molecular complexity index is 297. The van der Waals surface area contributed by atoms with Gasteiger partial charge in [-0.25, -0.2) is 0 Å². The molecule has 6 nitrogen and oxygen atoms in total. The topological polar surface area (TPSA) is 93.5 Å². The predicted molar refractivity (Wildman–Crippen MR) is 72.4 cm³/mol. The van der Waals surface area contributed by atoms with Crippen molar-refractivity contribution in [1.82, 2.24) is 10.6 Å². The van der Waals surface area contributed by atoms with E-state index in [1.54, 1.807) is 7.11 Å². The van der Waals surface area contributed by atoms with Crippen molar-refractivity contribution in [1.29, 1.82) is 0 Å². The van der Waals surface area contributed by atoms with Crippen LogP contribution in [0.5, 0.6) is 0 Å². The van der Waals surface area contributed by atoms with Crippen LogP contribution in [0, 0.1) is 11.8 Å². The number of hydrogen-bond donors (Lipinski definition) is 3. The number of amides is 2. The number of methoxy groups -OCH3 is 1. The molecule has 110 valence electrons. The Morgan fingerprint density at radius 2 is 2.05 bits per heavy atom. The number of carbonyl (C=O) groups excluding carboxylic acids is 2. The molecule has 0 saturated heterocycles. The molecule has 2 atom stereocenters. The predicted octanol–water partition coefficient (Wildman–Crippen LogP) is -0.370. The molecule has 0 aromatic heterocycles. The molecule has 1 rings (SSSR count). The third-order valence-electron chi connectivity index (χ3n) is 3.58. The summed E-state index contributed by atoms with van der Waals surface area (Å²) in [6, 6.07) is 0. The van der Waals surface area contributed by atoms with Crippen LogP contribution < -0.4 is 16.4 Å². The first-order valence-electron chi connectivity index (χ1n) is 6.92. The summed E-state index contributed by atoms with van der Waals surface area (Å²) in [5, 5.41) is 5.54. The van der Waals surface area contributed by atoms with Gasteiger partial charge < -0.3 is 21.1 Å². The van der Waals surface area contributed by atoms with Gasteiger partial charge in [0.2, 0.25) is 11.8 Å². The molecular formula is C13H25N3O3. The Hall–Kier alpha value is -1.14. The molecule has 0 heterocycles. The van der Waals surface area contributed by atoms with Crippen LogP contribution in [0.1, 0.15) is 25.7 Å². The molecule has 4 N–H and O–H groups in total. The van der Waals surface area contributed by atoms with Gasteiger partial charge in [0.15, 0.2) is 0 Å². The van der Waals surface area contributed by atoms with Crippen LogP contribution in [0.15, 0.2) is 0 Å². The minimum atomic E-state index is -0.0702. The van der Waals surface area contributed by atoms with Gasteiger partial charge in [-0.2, -0.15) is 0 Å². The number of ether oxygens (including phenoxy) is 1. The average Bonchev–Trinajstić information content (AvgIpc) is 2.87. The molecule has 2 unspecified atom stereocenters. The zero-order valence-electron chi connectivity index (χ0n) is 11.6. The minimum absolute atomic E-state index is 0.0292. The van der Waals surface area contributed by atoms with E-state index < -0.39 is 0 Å². The SMILES string of the molecule is COCCNC(=O)CCNC(=O)C1CCCC1CN. The lowest BCUT2D eigenvalue weighted by molar-refractivity contribution is -0.126. The van der Waals surface area contributed by atoms with Crippen LogP contribution in [0.3, 0.4) is 0 Å². The first-order chi connectivity index (χ1) is 9.19. The van der Waals surface area contributed by atoms with Crippen molar-refractivity contribution in [2.45, 2.75) is 25.7 Å². The zero-order chi connectivity index (χ0) is 14.1. The first-order valence-corrected chi connectivity index (χ1v) is 6.92. The molecule has 0 aliphatic heterocycles. The summed E-state index contributed by atoms with van der Waals surface area (Å²) in [5.41, 5.74) is 5.65. The Kier molecular flexibility index (Phi) is 7.43. The lowest BCUT2D eigenvalue weighted by Gasteiger charge is -2.17. The van der Waals surface area contributed by atoms with E-state index in [0.717, 1.165) is 19.3 Å². The van der Waals surface area contributed by atoms with Gasteiger partial charge >= 0.3 is 0 Å². The van der Waals surface area contributed by atoms with E-state index in [1.165, 1.54) is 0 Å². The van der Waals surface area contributed by atoms with Crippen molar-refractivity contribution in [3.63, 3.8) is 0 Å². The Morgan fingerprint density at radius 3 is 2.74 bits per heavy atom. The van der Waals surface area contributed by atoms with Crippen LogP contribution in [0.2, 0.25) is 0 Å². The second kappa shape index (κ2) is 8.87. The molecule has 6 heteroatoms. The van der Waals surface area contributed by atoms with Crippen LogP contribution >= 0.6 is 0 Å². The van der Waals surface area contributed by atoms with Gasteiger partial charge in [0.25, 0.3) is 0 Å². The Balaban J connectivity index is 2.14. The van der Waals surface area contributed by atoms with Crippen LogP contribution in [0.25, 0.3) is 0 Å². The van der Waals surface area contributed by atoms with Gasteiger partial charge in [-0.05, 0) is 25.3 Å². The lowest BCUT2D eigenvalue weighted by atomic mass is 9.95. The first kappa shape index (κ1) is 15.9. The molecule has 0 radical (unpaired) electrons. The van der Waals surface area contributed by atoms with E-state index in [0.29, 0.717) is 38.6 Å². The largest absolute Gasteiger partial charge is 0.383 e. The van der Waals surface area contributed by atoms with Crippen molar-refractivity contribution in [2.24, 2.45) is 17.6 Å². The molecule has 1 saturated carbocycles. The fourth-order valence-corrected chi connectivity index (χ4v) is 2.48. The van der Waals surface area contributed by atoms with E-state index in [2.05, 4.69) is 10.6 Å². The highest BCUT2D eigenvalue weighted by atomic mass is 16.5. The van der Waals surface area contributed by atoms with Crippen molar-refractivity contribution in [3.8, 4) is 0 Å². The molecule has 0 aromatic rings. The normalized spacial score (nSPS) is 22.2. The summed E-state index contributed by atoms with van der Waals surface area (Å²) in [6.45, 7) is 1.94. The van der Waals surface area contributed by atoms with Crippen LogP contribution in [-0.4, -0.2) is 45.2 Å². The maximum atomic E-state index is 11.9. The quantitative estimate of drug-likeness (QED) is 0.525. The lowest BCUT2D eigenvalue weighted by Crippen LogP contribution is -2.37. The van der Waals surface area contributed by atoms with Crippen LogP contribution in [0.4, 0.5) is 0 Å².